The van der Waals surface area contributed by atoms with E-state index in [1.165, 1.54) is 23.6 Å². The number of aliphatic carboxylic acids is 1. The van der Waals surface area contributed by atoms with Crippen LogP contribution in [0, 0.1) is 0 Å². The number of likely N-dealkylation sites (N-methyl/N-ethyl adjacent to an activating group) is 2. The maximum atomic E-state index is 11.9. The lowest BCUT2D eigenvalue weighted by Gasteiger charge is -2.34. The summed E-state index contributed by atoms with van der Waals surface area (Å²) in [6.45, 7) is 5.08. The first-order chi connectivity index (χ1) is 7.73. The van der Waals surface area contributed by atoms with Gasteiger partial charge in [-0.3, -0.25) is 24.2 Å². The highest BCUT2D eigenvalue weighted by Crippen LogP contribution is 2.24. The van der Waals surface area contributed by atoms with Crippen LogP contribution in [0.2, 0.25) is 0 Å². The van der Waals surface area contributed by atoms with Gasteiger partial charge in [-0.05, 0) is 27.8 Å². The Labute approximate surface area is 100 Å². The average molecular weight is 242 g/mol. The van der Waals surface area contributed by atoms with Crippen LogP contribution in [0.25, 0.3) is 0 Å². The fraction of sp³-hybridized carbons (Fsp3) is 0.727. The third kappa shape index (κ3) is 2.17. The maximum absolute atomic E-state index is 11.9. The summed E-state index contributed by atoms with van der Waals surface area (Å²) in [5.74, 6) is -1.57. The highest BCUT2D eigenvalue weighted by atomic mass is 16.4. The topological polar surface area (TPSA) is 77.9 Å². The molecule has 1 fully saturated rings. The minimum atomic E-state index is -1.18. The van der Waals surface area contributed by atoms with Crippen molar-refractivity contribution >= 4 is 17.8 Å². The first-order valence-electron chi connectivity index (χ1n) is 5.54. The number of carbonyl (C=O) groups excluding carboxylic acids is 2. The van der Waals surface area contributed by atoms with Crippen LogP contribution in [-0.2, 0) is 14.4 Å². The highest BCUT2D eigenvalue weighted by molar-refractivity contribution is 6.05. The quantitative estimate of drug-likeness (QED) is 0.698. The average Bonchev–Trinajstić information content (AvgIpc) is 2.52. The molecule has 1 N–H and O–H groups in total. The van der Waals surface area contributed by atoms with Crippen molar-refractivity contribution in [1.29, 1.82) is 0 Å². The van der Waals surface area contributed by atoms with Crippen molar-refractivity contribution in [3.63, 3.8) is 0 Å². The molecule has 2 amide bonds. The van der Waals surface area contributed by atoms with Crippen molar-refractivity contribution in [2.45, 2.75) is 38.8 Å². The maximum Gasteiger partial charge on any atom is 0.323 e. The molecule has 96 valence electrons. The summed E-state index contributed by atoms with van der Waals surface area (Å²) in [6, 6.07) is -0.673. The number of nitrogens with zero attached hydrogens (tertiary/aromatic N) is 2. The summed E-state index contributed by atoms with van der Waals surface area (Å²) in [4.78, 5) is 37.2. The molecule has 0 aromatic carbocycles. The minimum Gasteiger partial charge on any atom is -0.480 e. The zero-order chi connectivity index (χ0) is 13.4. The Bertz CT molecular complexity index is 364. The van der Waals surface area contributed by atoms with Crippen molar-refractivity contribution in [3.8, 4) is 0 Å². The fourth-order valence-electron chi connectivity index (χ4n) is 1.84. The van der Waals surface area contributed by atoms with E-state index < -0.39 is 17.6 Å². The van der Waals surface area contributed by atoms with E-state index in [1.807, 2.05) is 0 Å². The lowest BCUT2D eigenvalue weighted by molar-refractivity contribution is -0.151. The van der Waals surface area contributed by atoms with Crippen molar-refractivity contribution in [1.82, 2.24) is 9.80 Å². The second kappa shape index (κ2) is 4.44. The van der Waals surface area contributed by atoms with Crippen LogP contribution in [0.3, 0.4) is 0 Å². The van der Waals surface area contributed by atoms with Gasteiger partial charge in [0, 0.05) is 6.54 Å². The highest BCUT2D eigenvalue weighted by Gasteiger charge is 2.46. The van der Waals surface area contributed by atoms with E-state index in [4.69, 9.17) is 5.11 Å². The number of hydrogen-bond acceptors (Lipinski definition) is 4. The molecule has 1 heterocycles. The number of imide groups is 1. The van der Waals surface area contributed by atoms with Gasteiger partial charge in [0.1, 0.15) is 5.54 Å². The van der Waals surface area contributed by atoms with Crippen LogP contribution in [0.15, 0.2) is 0 Å². The van der Waals surface area contributed by atoms with E-state index in [-0.39, 0.29) is 18.2 Å². The van der Waals surface area contributed by atoms with E-state index in [2.05, 4.69) is 0 Å². The molecule has 17 heavy (non-hydrogen) atoms. The fourth-order valence-corrected chi connectivity index (χ4v) is 1.84. The molecule has 1 rings (SSSR count). The molecule has 0 saturated carbocycles. The molecule has 0 bridgehead atoms. The number of amides is 2. The van der Waals surface area contributed by atoms with Crippen LogP contribution in [0.4, 0.5) is 0 Å². The molecule has 0 radical (unpaired) electrons. The summed E-state index contributed by atoms with van der Waals surface area (Å²) in [5, 5.41) is 9.10. The van der Waals surface area contributed by atoms with Gasteiger partial charge in [0.25, 0.3) is 0 Å². The van der Waals surface area contributed by atoms with Crippen molar-refractivity contribution in [3.05, 3.63) is 0 Å². The van der Waals surface area contributed by atoms with E-state index in [9.17, 15) is 14.4 Å². The standard InChI is InChI=1S/C11H18N2O4/c1-5-13-8(14)6-7(9(13)15)12(4)11(2,3)10(16)17/h7H,5-6H2,1-4H3,(H,16,17). The molecule has 6 heteroatoms. The lowest BCUT2D eigenvalue weighted by atomic mass is 10.0. The molecule has 0 aromatic rings. The van der Waals surface area contributed by atoms with Crippen LogP contribution in [0.1, 0.15) is 27.2 Å². The van der Waals surface area contributed by atoms with Gasteiger partial charge in [-0.15, -0.1) is 0 Å². The van der Waals surface area contributed by atoms with Crippen LogP contribution in [0.5, 0.6) is 0 Å². The van der Waals surface area contributed by atoms with E-state index in [1.54, 1.807) is 14.0 Å². The summed E-state index contributed by atoms with van der Waals surface area (Å²) in [6.07, 6.45) is 0.0554. The second-order valence-corrected chi connectivity index (χ2v) is 4.67. The van der Waals surface area contributed by atoms with E-state index >= 15 is 0 Å². The molecule has 0 aromatic heterocycles. The number of rotatable bonds is 4. The third-order valence-corrected chi connectivity index (χ3v) is 3.41. The van der Waals surface area contributed by atoms with Gasteiger partial charge >= 0.3 is 5.97 Å². The third-order valence-electron chi connectivity index (χ3n) is 3.41. The number of carbonyl (C=O) groups is 3. The lowest BCUT2D eigenvalue weighted by Crippen LogP contribution is -2.54. The Kier molecular flexibility index (Phi) is 3.56. The predicted molar refractivity (Wildman–Crippen MR) is 60.3 cm³/mol. The van der Waals surface area contributed by atoms with Crippen LogP contribution in [-0.4, -0.2) is 57.9 Å². The molecule has 6 nitrogen and oxygen atoms in total. The van der Waals surface area contributed by atoms with E-state index in [0.717, 1.165) is 0 Å². The molecule has 1 unspecified atom stereocenters. The Morgan fingerprint density at radius 3 is 2.41 bits per heavy atom. The summed E-state index contributed by atoms with van der Waals surface area (Å²) < 4.78 is 0. The van der Waals surface area contributed by atoms with Gasteiger partial charge in [-0.25, -0.2) is 0 Å². The van der Waals surface area contributed by atoms with Gasteiger partial charge in [0.2, 0.25) is 11.8 Å². The molecule has 1 saturated heterocycles. The number of carboxylic acid groups (broad SMARTS) is 1. The van der Waals surface area contributed by atoms with Crippen molar-refractivity contribution in [2.75, 3.05) is 13.6 Å². The zero-order valence-corrected chi connectivity index (χ0v) is 10.6. The number of hydrogen-bond donors (Lipinski definition) is 1. The Balaban J connectivity index is 2.93. The number of carboxylic acids is 1. The molecule has 0 spiro atoms. The minimum absolute atomic E-state index is 0.0554. The molecular formula is C11H18N2O4. The summed E-state index contributed by atoms with van der Waals surface area (Å²) in [7, 11) is 1.56. The first kappa shape index (κ1) is 13.6. The van der Waals surface area contributed by atoms with Crippen molar-refractivity contribution < 1.29 is 19.5 Å². The molecular weight excluding hydrogens is 224 g/mol. The van der Waals surface area contributed by atoms with Crippen molar-refractivity contribution in [2.24, 2.45) is 0 Å². The van der Waals surface area contributed by atoms with Gasteiger partial charge in [-0.2, -0.15) is 0 Å². The molecule has 0 aliphatic carbocycles. The smallest absolute Gasteiger partial charge is 0.323 e. The first-order valence-corrected chi connectivity index (χ1v) is 5.54. The molecule has 1 aliphatic rings. The van der Waals surface area contributed by atoms with Crippen LogP contribution < -0.4 is 0 Å². The Hall–Kier alpha value is -1.43. The van der Waals surface area contributed by atoms with Gasteiger partial charge in [0.15, 0.2) is 0 Å². The Morgan fingerprint density at radius 1 is 1.53 bits per heavy atom. The zero-order valence-electron chi connectivity index (χ0n) is 10.6. The van der Waals surface area contributed by atoms with Gasteiger partial charge < -0.3 is 5.11 Å². The monoisotopic (exact) mass is 242 g/mol. The van der Waals surface area contributed by atoms with Gasteiger partial charge in [-0.1, -0.05) is 0 Å². The van der Waals surface area contributed by atoms with E-state index in [0.29, 0.717) is 6.54 Å². The molecule has 1 atom stereocenters. The Morgan fingerprint density at radius 2 is 2.06 bits per heavy atom. The second-order valence-electron chi connectivity index (χ2n) is 4.67. The van der Waals surface area contributed by atoms with Crippen LogP contribution >= 0.6 is 0 Å². The van der Waals surface area contributed by atoms with Gasteiger partial charge in [0.05, 0.1) is 12.5 Å². The SMILES string of the molecule is CCN1C(=O)CC(N(C)C(C)(C)C(=O)O)C1=O. The normalized spacial score (nSPS) is 21.5. The molecule has 1 aliphatic heterocycles. The number of likely N-dealkylation sites (tertiary alicyclic amines) is 1. The largest absolute Gasteiger partial charge is 0.480 e. The summed E-state index contributed by atoms with van der Waals surface area (Å²) >= 11 is 0. The summed E-state index contributed by atoms with van der Waals surface area (Å²) in [5.41, 5.74) is -1.18. The predicted octanol–water partition coefficient (Wildman–Crippen LogP) is -0.0712.